The Hall–Kier alpha value is -2.86. The average Bonchev–Trinajstić information content (AvgIpc) is 2.91. The summed E-state index contributed by atoms with van der Waals surface area (Å²) in [4.78, 5) is 38.0. The van der Waals surface area contributed by atoms with Crippen molar-refractivity contribution in [3.63, 3.8) is 0 Å². The summed E-state index contributed by atoms with van der Waals surface area (Å²) in [6, 6.07) is 16.1. The summed E-state index contributed by atoms with van der Waals surface area (Å²) in [5.74, 6) is -0.700. The van der Waals surface area contributed by atoms with Crippen molar-refractivity contribution in [3.05, 3.63) is 76.2 Å². The lowest BCUT2D eigenvalue weighted by Crippen LogP contribution is -2.27. The molecule has 0 aliphatic carbocycles. The number of rotatable bonds is 5. The van der Waals surface area contributed by atoms with E-state index in [1.54, 1.807) is 37.3 Å². The molecular formula is C20H17NO4S. The van der Waals surface area contributed by atoms with E-state index in [0.29, 0.717) is 17.1 Å². The lowest BCUT2D eigenvalue weighted by Gasteiger charge is -2.12. The quantitative estimate of drug-likeness (QED) is 0.588. The number of hydrogen-bond acceptors (Lipinski definition) is 5. The number of ether oxygens (including phenoxy) is 1. The van der Waals surface area contributed by atoms with E-state index in [1.807, 2.05) is 30.3 Å². The largest absolute Gasteiger partial charge is 0.462 e. The first kappa shape index (κ1) is 17.9. The van der Waals surface area contributed by atoms with Crippen LogP contribution in [0.4, 0.5) is 4.79 Å². The molecule has 0 unspecified atom stereocenters. The van der Waals surface area contributed by atoms with Crippen molar-refractivity contribution < 1.29 is 19.1 Å². The van der Waals surface area contributed by atoms with Crippen molar-refractivity contribution in [2.45, 2.75) is 13.5 Å². The van der Waals surface area contributed by atoms with Crippen LogP contribution in [0.3, 0.4) is 0 Å². The first-order valence-electron chi connectivity index (χ1n) is 8.15. The second-order valence-electron chi connectivity index (χ2n) is 5.60. The lowest BCUT2D eigenvalue weighted by atomic mass is 10.1. The fourth-order valence-electron chi connectivity index (χ4n) is 2.48. The summed E-state index contributed by atoms with van der Waals surface area (Å²) in [5.41, 5.74) is 2.08. The number of esters is 1. The minimum absolute atomic E-state index is 0.167. The van der Waals surface area contributed by atoms with Gasteiger partial charge in [0.05, 0.1) is 23.6 Å². The maximum Gasteiger partial charge on any atom is 0.338 e. The van der Waals surface area contributed by atoms with Crippen LogP contribution in [0, 0.1) is 0 Å². The highest BCUT2D eigenvalue weighted by molar-refractivity contribution is 8.18. The Morgan fingerprint density at radius 2 is 1.77 bits per heavy atom. The summed E-state index contributed by atoms with van der Waals surface area (Å²) in [6.07, 6.45) is 1.72. The zero-order chi connectivity index (χ0) is 18.5. The van der Waals surface area contributed by atoms with E-state index in [1.165, 1.54) is 4.90 Å². The zero-order valence-corrected chi connectivity index (χ0v) is 15.0. The van der Waals surface area contributed by atoms with Crippen LogP contribution in [-0.2, 0) is 16.1 Å². The third-order valence-corrected chi connectivity index (χ3v) is 4.68. The molecule has 1 aliphatic rings. The molecular weight excluding hydrogens is 350 g/mol. The monoisotopic (exact) mass is 367 g/mol. The molecule has 2 aromatic carbocycles. The van der Waals surface area contributed by atoms with Gasteiger partial charge in [0.15, 0.2) is 0 Å². The number of hydrogen-bond donors (Lipinski definition) is 0. The molecule has 1 heterocycles. The molecule has 0 bridgehead atoms. The molecule has 0 saturated carbocycles. The zero-order valence-electron chi connectivity index (χ0n) is 14.2. The lowest BCUT2D eigenvalue weighted by molar-refractivity contribution is -0.123. The molecule has 0 spiro atoms. The molecule has 2 aromatic rings. The van der Waals surface area contributed by atoms with Crippen LogP contribution in [0.5, 0.6) is 0 Å². The van der Waals surface area contributed by atoms with Crippen LogP contribution >= 0.6 is 11.8 Å². The Kier molecular flexibility index (Phi) is 5.53. The van der Waals surface area contributed by atoms with Crippen LogP contribution in [0.15, 0.2) is 59.5 Å². The van der Waals surface area contributed by atoms with E-state index in [-0.39, 0.29) is 17.7 Å². The van der Waals surface area contributed by atoms with Gasteiger partial charge < -0.3 is 4.74 Å². The third kappa shape index (κ3) is 4.03. The van der Waals surface area contributed by atoms with Gasteiger partial charge in [-0.15, -0.1) is 0 Å². The Morgan fingerprint density at radius 1 is 1.08 bits per heavy atom. The van der Waals surface area contributed by atoms with E-state index in [0.717, 1.165) is 22.9 Å². The minimum Gasteiger partial charge on any atom is -0.462 e. The van der Waals surface area contributed by atoms with Gasteiger partial charge in [-0.05, 0) is 48.0 Å². The molecule has 5 nitrogen and oxygen atoms in total. The van der Waals surface area contributed by atoms with Gasteiger partial charge in [0.2, 0.25) is 0 Å². The predicted molar refractivity (Wildman–Crippen MR) is 100 cm³/mol. The molecule has 132 valence electrons. The van der Waals surface area contributed by atoms with Gasteiger partial charge in [0, 0.05) is 0 Å². The Morgan fingerprint density at radius 3 is 2.42 bits per heavy atom. The average molecular weight is 367 g/mol. The highest BCUT2D eigenvalue weighted by Crippen LogP contribution is 2.33. The van der Waals surface area contributed by atoms with Crippen molar-refractivity contribution in [1.29, 1.82) is 0 Å². The van der Waals surface area contributed by atoms with Crippen molar-refractivity contribution in [2.24, 2.45) is 0 Å². The second-order valence-corrected chi connectivity index (χ2v) is 6.59. The number of thioether (sulfide) groups is 1. The third-order valence-electron chi connectivity index (χ3n) is 3.78. The Bertz CT molecular complexity index is 859. The summed E-state index contributed by atoms with van der Waals surface area (Å²) in [6.45, 7) is 2.22. The van der Waals surface area contributed by atoms with Crippen LogP contribution in [-0.4, -0.2) is 28.6 Å². The molecule has 0 N–H and O–H groups in total. The van der Waals surface area contributed by atoms with Crippen molar-refractivity contribution in [1.82, 2.24) is 4.90 Å². The van der Waals surface area contributed by atoms with Gasteiger partial charge in [-0.3, -0.25) is 14.5 Å². The molecule has 0 aromatic heterocycles. The van der Waals surface area contributed by atoms with Gasteiger partial charge in [0.25, 0.3) is 11.1 Å². The van der Waals surface area contributed by atoms with E-state index < -0.39 is 5.97 Å². The number of imide groups is 1. The minimum atomic E-state index is -0.393. The van der Waals surface area contributed by atoms with Gasteiger partial charge in [-0.1, -0.05) is 42.5 Å². The number of amides is 2. The second kappa shape index (κ2) is 8.01. The van der Waals surface area contributed by atoms with Crippen LogP contribution in [0.1, 0.15) is 28.4 Å². The summed E-state index contributed by atoms with van der Waals surface area (Å²) in [7, 11) is 0. The Labute approximate surface area is 155 Å². The van der Waals surface area contributed by atoms with E-state index in [9.17, 15) is 14.4 Å². The van der Waals surface area contributed by atoms with Gasteiger partial charge in [-0.25, -0.2) is 4.79 Å². The molecule has 1 fully saturated rings. The Balaban J connectivity index is 1.72. The highest BCUT2D eigenvalue weighted by Gasteiger charge is 2.34. The molecule has 0 atom stereocenters. The molecule has 26 heavy (non-hydrogen) atoms. The van der Waals surface area contributed by atoms with Crippen LogP contribution in [0.25, 0.3) is 6.08 Å². The molecule has 3 rings (SSSR count). The number of carbonyl (C=O) groups excluding carboxylic acids is 3. The standard InChI is InChI=1S/C20H17NO4S/c1-2-25-19(23)16-10-8-15(9-11-16)13-21-18(22)17(26-20(21)24)12-14-6-4-3-5-7-14/h3-12H,2,13H2,1H3/b17-12-. The van der Waals surface area contributed by atoms with Crippen LogP contribution < -0.4 is 0 Å². The van der Waals surface area contributed by atoms with Gasteiger partial charge in [0.1, 0.15) is 0 Å². The highest BCUT2D eigenvalue weighted by atomic mass is 32.2. The van der Waals surface area contributed by atoms with Crippen molar-refractivity contribution in [2.75, 3.05) is 6.61 Å². The maximum absolute atomic E-state index is 12.5. The molecule has 2 amide bonds. The number of carbonyl (C=O) groups is 3. The molecule has 6 heteroatoms. The predicted octanol–water partition coefficient (Wildman–Crippen LogP) is 4.10. The summed E-state index contributed by atoms with van der Waals surface area (Å²) < 4.78 is 4.94. The fourth-order valence-corrected chi connectivity index (χ4v) is 3.32. The van der Waals surface area contributed by atoms with Gasteiger partial charge in [-0.2, -0.15) is 0 Å². The first-order chi connectivity index (χ1) is 12.6. The first-order valence-corrected chi connectivity index (χ1v) is 8.96. The smallest absolute Gasteiger partial charge is 0.338 e. The topological polar surface area (TPSA) is 63.7 Å². The molecule has 0 radical (unpaired) electrons. The normalized spacial score (nSPS) is 15.6. The number of nitrogens with zero attached hydrogens (tertiary/aromatic N) is 1. The van der Waals surface area contributed by atoms with Crippen LogP contribution in [0.2, 0.25) is 0 Å². The summed E-state index contributed by atoms with van der Waals surface area (Å²) >= 11 is 0.935. The van der Waals surface area contributed by atoms with E-state index in [2.05, 4.69) is 0 Å². The molecule has 1 aliphatic heterocycles. The number of benzene rings is 2. The molecule has 1 saturated heterocycles. The van der Waals surface area contributed by atoms with E-state index >= 15 is 0 Å². The van der Waals surface area contributed by atoms with E-state index in [4.69, 9.17) is 4.74 Å². The maximum atomic E-state index is 12.5. The summed E-state index contributed by atoms with van der Waals surface area (Å²) in [5, 5.41) is -0.299. The SMILES string of the molecule is CCOC(=O)c1ccc(CN2C(=O)S/C(=C\c3ccccc3)C2=O)cc1. The fraction of sp³-hybridized carbons (Fsp3) is 0.150. The van der Waals surface area contributed by atoms with Crippen molar-refractivity contribution in [3.8, 4) is 0 Å². The van der Waals surface area contributed by atoms with Gasteiger partial charge >= 0.3 is 5.97 Å². The van der Waals surface area contributed by atoms with Crippen molar-refractivity contribution >= 4 is 35.0 Å².